The molecular weight excluding hydrogens is 170 g/mol. The maximum absolute atomic E-state index is 3.05. The van der Waals surface area contributed by atoms with Gasteiger partial charge in [-0.2, -0.15) is 0 Å². The summed E-state index contributed by atoms with van der Waals surface area (Å²) in [4.78, 5) is 3.05. The molecule has 1 N–H and O–H groups in total. The van der Waals surface area contributed by atoms with Crippen LogP contribution in [0.4, 0.5) is 0 Å². The molecule has 1 aromatic rings. The van der Waals surface area contributed by atoms with Crippen LogP contribution >= 0.6 is 0 Å². The number of hydrogen-bond acceptors (Lipinski definition) is 0. The maximum Gasteiger partial charge on any atom is 0.167 e. The van der Waals surface area contributed by atoms with E-state index in [0.29, 0.717) is 0 Å². The number of aromatic amines is 1. The van der Waals surface area contributed by atoms with Gasteiger partial charge in [0, 0.05) is 12.1 Å². The van der Waals surface area contributed by atoms with Gasteiger partial charge >= 0.3 is 0 Å². The third-order valence-corrected chi connectivity index (χ3v) is 2.61. The Morgan fingerprint density at radius 1 is 0.929 bits per heavy atom. The number of hydrogen-bond donors (Lipinski definition) is 0. The molecule has 0 saturated heterocycles. The van der Waals surface area contributed by atoms with Gasteiger partial charge in [0.05, 0.1) is 0 Å². The molecule has 0 fully saturated rings. The summed E-state index contributed by atoms with van der Waals surface area (Å²) in [6.07, 6.45) is 13.5. The van der Waals surface area contributed by atoms with Gasteiger partial charge in [-0.05, 0) is 18.4 Å². The summed E-state index contributed by atoms with van der Waals surface area (Å²) in [5, 5.41) is 0. The van der Waals surface area contributed by atoms with Crippen molar-refractivity contribution in [2.24, 2.45) is 0 Å². The molecule has 0 unspecified atom stereocenters. The second kappa shape index (κ2) is 7.54. The van der Waals surface area contributed by atoms with E-state index in [4.69, 9.17) is 0 Å². The normalized spacial score (nSPS) is 10.4. The van der Waals surface area contributed by atoms with Crippen molar-refractivity contribution in [2.75, 3.05) is 0 Å². The third-order valence-electron chi connectivity index (χ3n) is 2.61. The number of nitrogens with one attached hydrogen (secondary N) is 1. The van der Waals surface area contributed by atoms with Crippen LogP contribution in [-0.4, -0.2) is 0 Å². The van der Waals surface area contributed by atoms with Crippen molar-refractivity contribution in [2.45, 2.75) is 51.9 Å². The second-order valence-electron chi connectivity index (χ2n) is 3.93. The first-order chi connectivity index (χ1) is 6.93. The lowest BCUT2D eigenvalue weighted by atomic mass is 10.1. The lowest BCUT2D eigenvalue weighted by molar-refractivity contribution is -0.378. The first-order valence-corrected chi connectivity index (χ1v) is 5.88. The summed E-state index contributed by atoms with van der Waals surface area (Å²) in [7, 11) is 0. The Labute approximate surface area is 87.6 Å². The van der Waals surface area contributed by atoms with E-state index in [0.717, 1.165) is 0 Å². The van der Waals surface area contributed by atoms with Crippen LogP contribution in [0, 0.1) is 0 Å². The molecule has 1 aromatic heterocycles. The lowest BCUT2D eigenvalue weighted by Gasteiger charge is -2.00. The summed E-state index contributed by atoms with van der Waals surface area (Å²) in [6, 6.07) is 4.35. The van der Waals surface area contributed by atoms with E-state index in [-0.39, 0.29) is 0 Å². The fourth-order valence-electron chi connectivity index (χ4n) is 1.70. The first kappa shape index (κ1) is 11.2. The van der Waals surface area contributed by atoms with Crippen LogP contribution in [0.25, 0.3) is 0 Å². The van der Waals surface area contributed by atoms with E-state index in [1.807, 2.05) is 12.4 Å². The van der Waals surface area contributed by atoms with Crippen LogP contribution in [-0.2, 0) is 6.42 Å². The molecule has 1 heteroatoms. The largest absolute Gasteiger partial charge is 0.218 e. The number of unbranched alkanes of at least 4 members (excludes halogenated alkanes) is 5. The summed E-state index contributed by atoms with van der Waals surface area (Å²) in [5.41, 5.74) is 1.46. The zero-order valence-electron chi connectivity index (χ0n) is 9.26. The van der Waals surface area contributed by atoms with Gasteiger partial charge in [-0.25, -0.2) is 4.98 Å². The predicted octanol–water partition coefficient (Wildman–Crippen LogP) is 3.40. The van der Waals surface area contributed by atoms with Crippen molar-refractivity contribution in [3.05, 3.63) is 30.1 Å². The highest BCUT2D eigenvalue weighted by Crippen LogP contribution is 2.08. The van der Waals surface area contributed by atoms with Crippen LogP contribution in [0.2, 0.25) is 0 Å². The van der Waals surface area contributed by atoms with Gasteiger partial charge in [0.25, 0.3) is 0 Å². The molecule has 1 heterocycles. The van der Waals surface area contributed by atoms with Crippen LogP contribution in [0.3, 0.4) is 0 Å². The molecule has 1 rings (SSSR count). The molecule has 0 radical (unpaired) electrons. The minimum Gasteiger partial charge on any atom is -0.218 e. The van der Waals surface area contributed by atoms with Gasteiger partial charge < -0.3 is 0 Å². The topological polar surface area (TPSA) is 14.1 Å². The third kappa shape index (κ3) is 5.00. The molecule has 0 spiro atoms. The minimum absolute atomic E-state index is 1.24. The molecule has 0 aromatic carbocycles. The Hall–Kier alpha value is -0.850. The van der Waals surface area contributed by atoms with Gasteiger partial charge in [0.15, 0.2) is 12.4 Å². The number of pyridine rings is 1. The van der Waals surface area contributed by atoms with Crippen molar-refractivity contribution in [1.29, 1.82) is 0 Å². The van der Waals surface area contributed by atoms with Crippen molar-refractivity contribution in [1.82, 2.24) is 0 Å². The van der Waals surface area contributed by atoms with E-state index < -0.39 is 0 Å². The predicted molar refractivity (Wildman–Crippen MR) is 60.1 cm³/mol. The Balaban J connectivity index is 1.99. The number of aromatic nitrogens is 1. The van der Waals surface area contributed by atoms with Crippen molar-refractivity contribution in [3.8, 4) is 0 Å². The molecule has 0 aliphatic heterocycles. The average molecular weight is 192 g/mol. The fraction of sp³-hybridized carbons (Fsp3) is 0.615. The first-order valence-electron chi connectivity index (χ1n) is 5.88. The zero-order chi connectivity index (χ0) is 10.1. The van der Waals surface area contributed by atoms with Crippen LogP contribution < -0.4 is 4.98 Å². The lowest BCUT2D eigenvalue weighted by Crippen LogP contribution is -1.98. The number of H-pyrrole nitrogens is 1. The molecule has 14 heavy (non-hydrogen) atoms. The van der Waals surface area contributed by atoms with Gasteiger partial charge in [-0.3, -0.25) is 0 Å². The monoisotopic (exact) mass is 192 g/mol. The summed E-state index contributed by atoms with van der Waals surface area (Å²) >= 11 is 0. The molecule has 78 valence electrons. The smallest absolute Gasteiger partial charge is 0.167 e. The van der Waals surface area contributed by atoms with Crippen molar-refractivity contribution in [3.63, 3.8) is 0 Å². The highest BCUT2D eigenvalue weighted by molar-refractivity contribution is 5.06. The quantitative estimate of drug-likeness (QED) is 0.588. The van der Waals surface area contributed by atoms with E-state index in [9.17, 15) is 0 Å². The van der Waals surface area contributed by atoms with Crippen LogP contribution in [0.15, 0.2) is 24.5 Å². The minimum atomic E-state index is 1.24. The Kier molecular flexibility index (Phi) is 6.05. The number of aryl methyl sites for hydroxylation is 1. The Bertz CT molecular complexity index is 218. The van der Waals surface area contributed by atoms with Gasteiger partial charge in [0.2, 0.25) is 0 Å². The standard InChI is InChI=1S/C13H21N/c1-2-3-4-5-6-7-8-13-9-11-14-12-10-13/h9-12H,2-8H2,1H3/p+1. The SMILES string of the molecule is CCCCCCCCc1cc[nH+]cc1. The van der Waals surface area contributed by atoms with E-state index in [1.54, 1.807) is 0 Å². The van der Waals surface area contributed by atoms with Gasteiger partial charge in [-0.1, -0.05) is 39.0 Å². The number of rotatable bonds is 7. The summed E-state index contributed by atoms with van der Waals surface area (Å²) < 4.78 is 0. The molecule has 0 aliphatic rings. The van der Waals surface area contributed by atoms with Crippen LogP contribution in [0.5, 0.6) is 0 Å². The molecular formula is C13H22N+. The highest BCUT2D eigenvalue weighted by Gasteiger charge is 1.94. The van der Waals surface area contributed by atoms with Crippen LogP contribution in [0.1, 0.15) is 51.0 Å². The summed E-state index contributed by atoms with van der Waals surface area (Å²) in [5.74, 6) is 0. The van der Waals surface area contributed by atoms with Gasteiger partial charge in [0.1, 0.15) is 0 Å². The second-order valence-corrected chi connectivity index (χ2v) is 3.93. The fourth-order valence-corrected chi connectivity index (χ4v) is 1.70. The maximum atomic E-state index is 3.05. The Morgan fingerprint density at radius 3 is 2.29 bits per heavy atom. The molecule has 0 saturated carbocycles. The molecule has 0 amide bonds. The highest BCUT2D eigenvalue weighted by atomic mass is 14.6. The Morgan fingerprint density at radius 2 is 1.57 bits per heavy atom. The molecule has 0 aliphatic carbocycles. The van der Waals surface area contributed by atoms with E-state index in [2.05, 4.69) is 24.0 Å². The molecule has 1 nitrogen and oxygen atoms in total. The molecule has 0 atom stereocenters. The van der Waals surface area contributed by atoms with Gasteiger partial charge in [-0.15, -0.1) is 0 Å². The summed E-state index contributed by atoms with van der Waals surface area (Å²) in [6.45, 7) is 2.26. The average Bonchev–Trinajstić information content (AvgIpc) is 2.25. The zero-order valence-corrected chi connectivity index (χ0v) is 9.26. The van der Waals surface area contributed by atoms with E-state index >= 15 is 0 Å². The molecule has 0 bridgehead atoms. The van der Waals surface area contributed by atoms with E-state index in [1.165, 1.54) is 50.5 Å². The van der Waals surface area contributed by atoms with Crippen molar-refractivity contribution < 1.29 is 4.98 Å². The van der Waals surface area contributed by atoms with Crippen molar-refractivity contribution >= 4 is 0 Å².